The van der Waals surface area contributed by atoms with Crippen molar-refractivity contribution in [3.63, 3.8) is 0 Å². The lowest BCUT2D eigenvalue weighted by Gasteiger charge is -2.52. The summed E-state index contributed by atoms with van der Waals surface area (Å²) in [6.45, 7) is 4.83. The average Bonchev–Trinajstić information content (AvgIpc) is 2.57. The second-order valence-electron chi connectivity index (χ2n) is 7.35. The van der Waals surface area contributed by atoms with Crippen LogP contribution >= 0.6 is 8.46 Å². The fourth-order valence-corrected chi connectivity index (χ4v) is 4.55. The molecule has 0 radical (unpaired) electrons. The molecule has 0 unspecified atom stereocenters. The van der Waals surface area contributed by atoms with Crippen molar-refractivity contribution < 1.29 is 4.57 Å². The highest BCUT2D eigenvalue weighted by Crippen LogP contribution is 2.56. The monoisotopic (exact) mass is 309 g/mol. The van der Waals surface area contributed by atoms with Crippen molar-refractivity contribution in [1.29, 1.82) is 0 Å². The van der Waals surface area contributed by atoms with Crippen molar-refractivity contribution in [2.24, 2.45) is 0 Å². The molecule has 3 heteroatoms. The highest BCUT2D eigenvalue weighted by molar-refractivity contribution is 7.33. The maximum atomic E-state index is 11.1. The van der Waals surface area contributed by atoms with Gasteiger partial charge in [-0.1, -0.05) is 32.0 Å². The van der Waals surface area contributed by atoms with Crippen LogP contribution in [0.4, 0.5) is 0 Å². The van der Waals surface area contributed by atoms with E-state index in [0.29, 0.717) is 16.3 Å². The van der Waals surface area contributed by atoms with Gasteiger partial charge in [0.25, 0.3) is 0 Å². The molecule has 3 aliphatic rings. The van der Waals surface area contributed by atoms with Gasteiger partial charge in [0, 0.05) is 5.56 Å². The van der Waals surface area contributed by atoms with Gasteiger partial charge in [-0.2, -0.15) is 0 Å². The number of hydrogen-bond donors (Lipinski definition) is 0. The highest BCUT2D eigenvalue weighted by atomic mass is 31.1. The Kier molecular flexibility index (Phi) is 3.03. The largest absolute Gasteiger partial charge is 0.268 e. The molecule has 0 spiro atoms. The Morgan fingerprint density at radius 3 is 2.32 bits per heavy atom. The van der Waals surface area contributed by atoms with E-state index in [9.17, 15) is 4.57 Å². The fraction of sp³-hybridized carbons (Fsp3) is 0.421. The van der Waals surface area contributed by atoms with E-state index >= 15 is 0 Å². The van der Waals surface area contributed by atoms with E-state index < -0.39 is 0 Å². The third kappa shape index (κ3) is 1.97. The quantitative estimate of drug-likeness (QED) is 0.748. The van der Waals surface area contributed by atoms with Crippen LogP contribution < -0.4 is 5.44 Å². The molecule has 1 fully saturated rings. The Labute approximate surface area is 133 Å². The molecular weight excluding hydrogens is 289 g/mol. The second kappa shape index (κ2) is 4.73. The molecule has 3 aliphatic carbocycles. The predicted octanol–water partition coefficient (Wildman–Crippen LogP) is 4.77. The van der Waals surface area contributed by atoms with Crippen LogP contribution in [0.25, 0.3) is 11.3 Å². The van der Waals surface area contributed by atoms with E-state index in [4.69, 9.17) is 0 Å². The summed E-state index contributed by atoms with van der Waals surface area (Å²) in [6, 6.07) is 12.5. The average molecular weight is 309 g/mol. The summed E-state index contributed by atoms with van der Waals surface area (Å²) >= 11 is 0. The summed E-state index contributed by atoms with van der Waals surface area (Å²) in [4.78, 5) is 4.49. The van der Waals surface area contributed by atoms with Gasteiger partial charge in [0.05, 0.1) is 5.69 Å². The molecule has 0 N–H and O–H groups in total. The molecule has 0 amide bonds. The van der Waals surface area contributed by atoms with Crippen molar-refractivity contribution in [3.8, 4) is 11.3 Å². The van der Waals surface area contributed by atoms with Crippen LogP contribution in [-0.2, 0) is 15.4 Å². The van der Waals surface area contributed by atoms with Gasteiger partial charge in [0.15, 0.2) is 0 Å². The van der Waals surface area contributed by atoms with Crippen LogP contribution in [0.3, 0.4) is 0 Å². The smallest absolute Gasteiger partial charge is 0.212 e. The van der Waals surface area contributed by atoms with E-state index in [0.717, 1.165) is 11.3 Å². The van der Waals surface area contributed by atoms with Gasteiger partial charge >= 0.3 is 0 Å². The van der Waals surface area contributed by atoms with Crippen molar-refractivity contribution in [2.75, 3.05) is 0 Å². The van der Waals surface area contributed by atoms with Crippen LogP contribution in [0.1, 0.15) is 50.7 Å². The molecule has 112 valence electrons. The highest BCUT2D eigenvalue weighted by Gasteiger charge is 2.47. The minimum atomic E-state index is -0.0183. The van der Waals surface area contributed by atoms with Gasteiger partial charge in [-0.05, 0) is 65.8 Å². The van der Waals surface area contributed by atoms with Crippen LogP contribution in [-0.4, -0.2) is 4.98 Å². The third-order valence-corrected chi connectivity index (χ3v) is 6.34. The number of hydrogen-bond acceptors (Lipinski definition) is 2. The van der Waals surface area contributed by atoms with Crippen molar-refractivity contribution in [1.82, 2.24) is 4.98 Å². The molecule has 1 aromatic heterocycles. The second-order valence-corrected chi connectivity index (χ2v) is 7.99. The minimum absolute atomic E-state index is 0.0183. The van der Waals surface area contributed by atoms with Crippen LogP contribution in [0.5, 0.6) is 0 Å². The molecule has 2 nitrogen and oxygen atoms in total. The molecule has 2 bridgehead atoms. The molecule has 2 aromatic rings. The zero-order valence-corrected chi connectivity index (χ0v) is 14.0. The van der Waals surface area contributed by atoms with Gasteiger partial charge in [0.2, 0.25) is 8.46 Å². The summed E-state index contributed by atoms with van der Waals surface area (Å²) in [7, 11) is -0.0183. The van der Waals surface area contributed by atoms with Crippen LogP contribution in [0, 0.1) is 0 Å². The maximum Gasteiger partial charge on any atom is 0.212 e. The molecule has 1 aromatic carbocycles. The number of fused-ring (bicyclic) bond motifs is 2. The molecule has 0 atom stereocenters. The summed E-state index contributed by atoms with van der Waals surface area (Å²) < 4.78 is 11.1. The Hall–Kier alpha value is -1.53. The van der Waals surface area contributed by atoms with Gasteiger partial charge < -0.3 is 0 Å². The van der Waals surface area contributed by atoms with Crippen molar-refractivity contribution in [3.05, 3.63) is 47.5 Å². The molecule has 22 heavy (non-hydrogen) atoms. The number of aromatic nitrogens is 1. The molecule has 0 saturated heterocycles. The lowest BCUT2D eigenvalue weighted by Crippen LogP contribution is -2.44. The Morgan fingerprint density at radius 1 is 0.955 bits per heavy atom. The lowest BCUT2D eigenvalue weighted by atomic mass is 9.52. The first kappa shape index (κ1) is 14.1. The predicted molar refractivity (Wildman–Crippen MR) is 90.1 cm³/mol. The summed E-state index contributed by atoms with van der Waals surface area (Å²) in [5.41, 5.74) is 6.37. The van der Waals surface area contributed by atoms with E-state index in [1.165, 1.54) is 36.8 Å². The number of nitrogens with zero attached hydrogens (tertiary/aromatic N) is 1. The summed E-state index contributed by atoms with van der Waals surface area (Å²) in [5.74, 6) is 0. The fourth-order valence-electron chi connectivity index (χ4n) is 4.26. The first-order valence-corrected chi connectivity index (χ1v) is 8.81. The zero-order valence-electron chi connectivity index (χ0n) is 13.1. The van der Waals surface area contributed by atoms with E-state index in [1.54, 1.807) is 6.07 Å². The van der Waals surface area contributed by atoms with Crippen molar-refractivity contribution in [2.45, 2.75) is 50.4 Å². The van der Waals surface area contributed by atoms with E-state index in [-0.39, 0.29) is 8.46 Å². The van der Waals surface area contributed by atoms with Gasteiger partial charge in [-0.15, -0.1) is 0 Å². The van der Waals surface area contributed by atoms with Crippen LogP contribution in [0.2, 0.25) is 0 Å². The van der Waals surface area contributed by atoms with Gasteiger partial charge in [-0.3, -0.25) is 4.57 Å². The number of benzene rings is 1. The normalized spacial score (nSPS) is 29.5. The van der Waals surface area contributed by atoms with Crippen LogP contribution in [0.15, 0.2) is 36.4 Å². The van der Waals surface area contributed by atoms with E-state index in [2.05, 4.69) is 37.0 Å². The molecule has 1 saturated carbocycles. The molecule has 0 aliphatic heterocycles. The Bertz CT molecular complexity index is 760. The Morgan fingerprint density at radius 2 is 1.64 bits per heavy atom. The number of pyridine rings is 1. The summed E-state index contributed by atoms with van der Waals surface area (Å²) in [5, 5.41) is 0. The number of rotatable bonds is 2. The maximum absolute atomic E-state index is 11.1. The standard InChI is InChI=1S/C19H20NOP/c1-18-8-10-19(2,11-9-18)15-12-13(6-7-14(15)18)16-4-3-5-17(20-16)22-21/h3-7,12H,8-11H2,1-2H3. The first-order chi connectivity index (χ1) is 10.5. The van der Waals surface area contributed by atoms with Gasteiger partial charge in [-0.25, -0.2) is 4.98 Å². The molecular formula is C19H20NOP. The molecule has 1 heterocycles. The minimum Gasteiger partial charge on any atom is -0.268 e. The van der Waals surface area contributed by atoms with Gasteiger partial charge in [0.1, 0.15) is 5.44 Å². The van der Waals surface area contributed by atoms with Crippen molar-refractivity contribution >= 4 is 13.9 Å². The SMILES string of the molecule is CC12CCC(C)(CC1)c1cc(-c3cccc(P=O)n3)ccc12. The Balaban J connectivity index is 1.87. The third-order valence-electron chi connectivity index (χ3n) is 5.90. The zero-order chi connectivity index (χ0) is 15.4. The first-order valence-electron chi connectivity index (χ1n) is 8.00. The molecule has 5 rings (SSSR count). The van der Waals surface area contributed by atoms with E-state index in [1.807, 2.05) is 12.1 Å². The lowest BCUT2D eigenvalue weighted by molar-refractivity contribution is 0.188. The topological polar surface area (TPSA) is 30.0 Å². The summed E-state index contributed by atoms with van der Waals surface area (Å²) in [6.07, 6.45) is 5.18.